The van der Waals surface area contributed by atoms with Crippen LogP contribution in [0.15, 0.2) is 23.4 Å². The minimum absolute atomic E-state index is 0.178. The van der Waals surface area contributed by atoms with Crippen LogP contribution in [-0.4, -0.2) is 60.3 Å². The first kappa shape index (κ1) is 18.7. The Kier molecular flexibility index (Phi) is 4.66. The number of morpholine rings is 1. The van der Waals surface area contributed by atoms with Crippen LogP contribution >= 0.6 is 0 Å². The molecule has 0 atom stereocenters. The Balaban J connectivity index is 1.68. The number of rotatable bonds is 2. The highest BCUT2D eigenvalue weighted by Gasteiger charge is 2.38. The van der Waals surface area contributed by atoms with Gasteiger partial charge in [0.25, 0.3) is 5.91 Å². The molecule has 1 amide bonds. The molecule has 2 fully saturated rings. The van der Waals surface area contributed by atoms with Crippen molar-refractivity contribution in [3.05, 3.63) is 29.7 Å². The molecule has 0 unspecified atom stereocenters. The number of hydrogen-bond donors (Lipinski definition) is 0. The molecule has 8 nitrogen and oxygen atoms in total. The maximum atomic E-state index is 13.3. The van der Waals surface area contributed by atoms with E-state index in [4.69, 9.17) is 9.84 Å². The van der Waals surface area contributed by atoms with Gasteiger partial charge < -0.3 is 9.64 Å². The Morgan fingerprint density at radius 1 is 1.14 bits per heavy atom. The minimum atomic E-state index is -3.55. The van der Waals surface area contributed by atoms with Gasteiger partial charge >= 0.3 is 0 Å². The molecule has 1 saturated carbocycles. The molecule has 0 N–H and O–H groups in total. The van der Waals surface area contributed by atoms with Gasteiger partial charge in [-0.05, 0) is 18.9 Å². The van der Waals surface area contributed by atoms with Crippen LogP contribution in [0.4, 0.5) is 0 Å². The number of ether oxygens (including phenoxy) is 1. The van der Waals surface area contributed by atoms with Gasteiger partial charge in [0.05, 0.1) is 35.6 Å². The number of sulfone groups is 1. The predicted molar refractivity (Wildman–Crippen MR) is 105 cm³/mol. The van der Waals surface area contributed by atoms with Gasteiger partial charge in [0.15, 0.2) is 15.5 Å². The highest BCUT2D eigenvalue weighted by molar-refractivity contribution is 7.90. The second-order valence-corrected chi connectivity index (χ2v) is 9.91. The summed E-state index contributed by atoms with van der Waals surface area (Å²) < 4.78 is 33.2. The highest BCUT2D eigenvalue weighted by Crippen LogP contribution is 2.42. The van der Waals surface area contributed by atoms with E-state index in [2.05, 4.69) is 4.98 Å². The fraction of sp³-hybridized carbons (Fsp3) is 0.550. The molecule has 0 radical (unpaired) electrons. The van der Waals surface area contributed by atoms with Gasteiger partial charge in [-0.1, -0.05) is 19.3 Å². The second kappa shape index (κ2) is 7.21. The van der Waals surface area contributed by atoms with Crippen molar-refractivity contribution >= 4 is 15.7 Å². The van der Waals surface area contributed by atoms with Crippen LogP contribution in [0.2, 0.25) is 0 Å². The zero-order chi connectivity index (χ0) is 20.0. The molecule has 0 aromatic carbocycles. The van der Waals surface area contributed by atoms with Crippen molar-refractivity contribution < 1.29 is 17.9 Å². The molecule has 5 rings (SSSR count). The number of fused-ring (bicyclic) bond motifs is 3. The molecular formula is C20H24N4O4S. The molecule has 2 aliphatic heterocycles. The van der Waals surface area contributed by atoms with Crippen molar-refractivity contribution in [2.24, 2.45) is 0 Å². The van der Waals surface area contributed by atoms with Crippen molar-refractivity contribution in [2.75, 3.05) is 26.3 Å². The van der Waals surface area contributed by atoms with Crippen LogP contribution < -0.4 is 0 Å². The monoisotopic (exact) mass is 416 g/mol. The molecule has 1 aliphatic carbocycles. The number of nitrogens with zero attached hydrogens (tertiary/aromatic N) is 4. The van der Waals surface area contributed by atoms with Gasteiger partial charge in [-0.15, -0.1) is 0 Å². The van der Waals surface area contributed by atoms with E-state index in [1.165, 1.54) is 12.6 Å². The Labute approximate surface area is 169 Å². The van der Waals surface area contributed by atoms with E-state index >= 15 is 0 Å². The Morgan fingerprint density at radius 2 is 1.90 bits per heavy atom. The third kappa shape index (κ3) is 3.16. The molecule has 0 bridgehead atoms. The standard InChI is InChI=1S/C20H24N4O4S/c25-20(23-8-10-28-11-9-23)18-16-13-29(26,27)17-6-7-21-12-15(17)19(16)24(22-18)14-4-2-1-3-5-14/h6-7,12,14H,1-5,8-11,13H2. The smallest absolute Gasteiger partial charge is 0.274 e. The summed E-state index contributed by atoms with van der Waals surface area (Å²) in [4.78, 5) is 19.4. The predicted octanol–water partition coefficient (Wildman–Crippen LogP) is 2.21. The Hall–Kier alpha value is -2.26. The quantitative estimate of drug-likeness (QED) is 0.745. The van der Waals surface area contributed by atoms with E-state index in [9.17, 15) is 13.2 Å². The first-order valence-corrected chi connectivity index (χ1v) is 11.9. The van der Waals surface area contributed by atoms with Crippen molar-refractivity contribution in [1.29, 1.82) is 0 Å². The van der Waals surface area contributed by atoms with E-state index < -0.39 is 9.84 Å². The Bertz CT molecular complexity index is 1050. The average Bonchev–Trinajstić information content (AvgIpc) is 3.13. The molecule has 9 heteroatoms. The van der Waals surface area contributed by atoms with Crippen molar-refractivity contribution in [1.82, 2.24) is 19.7 Å². The fourth-order valence-corrected chi connectivity index (χ4v) is 6.23. The average molecular weight is 417 g/mol. The van der Waals surface area contributed by atoms with Crippen molar-refractivity contribution in [3.63, 3.8) is 0 Å². The van der Waals surface area contributed by atoms with Crippen LogP contribution in [0.25, 0.3) is 11.3 Å². The van der Waals surface area contributed by atoms with Crippen molar-refractivity contribution in [3.8, 4) is 11.3 Å². The summed E-state index contributed by atoms with van der Waals surface area (Å²) in [6.45, 7) is 1.97. The number of carbonyl (C=O) groups is 1. The second-order valence-electron chi connectivity index (χ2n) is 7.95. The molecule has 4 heterocycles. The summed E-state index contributed by atoms with van der Waals surface area (Å²) in [5, 5.41) is 4.75. The van der Waals surface area contributed by atoms with E-state index in [1.807, 2.05) is 4.68 Å². The van der Waals surface area contributed by atoms with Crippen LogP contribution in [0.5, 0.6) is 0 Å². The first-order valence-electron chi connectivity index (χ1n) is 10.2. The summed E-state index contributed by atoms with van der Waals surface area (Å²) in [5.41, 5.74) is 2.11. The number of amides is 1. The molecule has 154 valence electrons. The summed E-state index contributed by atoms with van der Waals surface area (Å²) in [6, 6.07) is 1.73. The largest absolute Gasteiger partial charge is 0.378 e. The van der Waals surface area contributed by atoms with Gasteiger partial charge in [0, 0.05) is 36.6 Å². The minimum Gasteiger partial charge on any atom is -0.378 e. The number of hydrogen-bond acceptors (Lipinski definition) is 6. The maximum absolute atomic E-state index is 13.3. The first-order chi connectivity index (χ1) is 14.1. The summed E-state index contributed by atoms with van der Waals surface area (Å²) >= 11 is 0. The maximum Gasteiger partial charge on any atom is 0.274 e. The molecule has 1 saturated heterocycles. The van der Waals surface area contributed by atoms with Crippen molar-refractivity contribution in [2.45, 2.75) is 48.8 Å². The van der Waals surface area contributed by atoms with Crippen LogP contribution in [0.3, 0.4) is 0 Å². The molecule has 29 heavy (non-hydrogen) atoms. The van der Waals surface area contributed by atoms with Crippen LogP contribution in [-0.2, 0) is 20.3 Å². The third-order valence-electron chi connectivity index (χ3n) is 6.14. The van der Waals surface area contributed by atoms with E-state index in [0.717, 1.165) is 31.4 Å². The number of pyridine rings is 1. The van der Waals surface area contributed by atoms with Gasteiger partial charge in [-0.2, -0.15) is 5.10 Å². The Morgan fingerprint density at radius 3 is 2.66 bits per heavy atom. The topological polar surface area (TPSA) is 94.4 Å². The molecule has 0 spiro atoms. The lowest BCUT2D eigenvalue weighted by atomic mass is 9.95. The normalized spacial score (nSPS) is 21.4. The molecule has 3 aliphatic rings. The van der Waals surface area contributed by atoms with Gasteiger partial charge in [0.2, 0.25) is 0 Å². The van der Waals surface area contributed by atoms with Gasteiger partial charge in [0.1, 0.15) is 0 Å². The lowest BCUT2D eigenvalue weighted by Crippen LogP contribution is -2.41. The lowest BCUT2D eigenvalue weighted by molar-refractivity contribution is 0.0297. The highest BCUT2D eigenvalue weighted by atomic mass is 32.2. The molecule has 2 aromatic rings. The van der Waals surface area contributed by atoms with E-state index in [1.54, 1.807) is 17.2 Å². The van der Waals surface area contributed by atoms with E-state index in [-0.39, 0.29) is 28.3 Å². The number of aromatic nitrogens is 3. The van der Waals surface area contributed by atoms with E-state index in [0.29, 0.717) is 37.4 Å². The zero-order valence-electron chi connectivity index (χ0n) is 16.2. The summed E-state index contributed by atoms with van der Waals surface area (Å²) in [7, 11) is -3.55. The third-order valence-corrected chi connectivity index (χ3v) is 7.83. The fourth-order valence-electron chi connectivity index (χ4n) is 4.67. The van der Waals surface area contributed by atoms with Crippen LogP contribution in [0.1, 0.15) is 54.2 Å². The molecular weight excluding hydrogens is 392 g/mol. The van der Waals surface area contributed by atoms with Gasteiger partial charge in [-0.3, -0.25) is 14.5 Å². The van der Waals surface area contributed by atoms with Crippen LogP contribution in [0, 0.1) is 0 Å². The number of carbonyl (C=O) groups excluding carboxylic acids is 1. The lowest BCUT2D eigenvalue weighted by Gasteiger charge is -2.26. The summed E-state index contributed by atoms with van der Waals surface area (Å²) in [6.07, 6.45) is 8.50. The zero-order valence-corrected chi connectivity index (χ0v) is 17.0. The van der Waals surface area contributed by atoms with Gasteiger partial charge in [-0.25, -0.2) is 8.42 Å². The SMILES string of the molecule is O=C(c1nn(C2CCCCC2)c2c1CS(=O)(=O)c1ccncc1-2)N1CCOCC1. The molecule has 2 aromatic heterocycles. The summed E-state index contributed by atoms with van der Waals surface area (Å²) in [5.74, 6) is -0.404.